The maximum Gasteiger partial charge on any atom is 0.272 e. The molecule has 0 aliphatic carbocycles. The molecule has 0 aromatic carbocycles. The van der Waals surface area contributed by atoms with Crippen LogP contribution in [0.1, 0.15) is 68.8 Å². The van der Waals surface area contributed by atoms with E-state index in [-0.39, 0.29) is 23.7 Å². The highest BCUT2D eigenvalue weighted by atomic mass is 16.2. The standard InChI is InChI=1S/C30H41N3O2/c1-2-3-4-5-6-7-8-9-10-11-12-13-14-15-16-17-20-27(29(31)34)26-22-24-33(25-26)30(35)28-21-18-19-23-32-28/h3-4,6-7,9-10,12-13,15-16,18-19,21,23,26-27H,2,5,8,11,14,17,20,22,24-25H2,1H3,(H2,31,34)/t26-,27?/m1/s1. The van der Waals surface area contributed by atoms with Crippen molar-refractivity contribution in [3.8, 4) is 0 Å². The molecule has 2 N–H and O–H groups in total. The van der Waals surface area contributed by atoms with Gasteiger partial charge in [0, 0.05) is 25.2 Å². The van der Waals surface area contributed by atoms with Crippen molar-refractivity contribution in [2.75, 3.05) is 13.1 Å². The van der Waals surface area contributed by atoms with Gasteiger partial charge in [-0.05, 0) is 69.4 Å². The Labute approximate surface area is 211 Å². The second kappa shape index (κ2) is 17.3. The second-order valence-corrected chi connectivity index (χ2v) is 8.81. The van der Waals surface area contributed by atoms with E-state index in [1.165, 1.54) is 0 Å². The third kappa shape index (κ3) is 11.2. The van der Waals surface area contributed by atoms with E-state index in [1.54, 1.807) is 23.2 Å². The van der Waals surface area contributed by atoms with Crippen LogP contribution in [0.3, 0.4) is 0 Å². The summed E-state index contributed by atoms with van der Waals surface area (Å²) in [5, 5.41) is 0. The van der Waals surface area contributed by atoms with E-state index in [9.17, 15) is 9.59 Å². The topological polar surface area (TPSA) is 76.3 Å². The Morgan fingerprint density at radius 1 is 0.971 bits per heavy atom. The van der Waals surface area contributed by atoms with E-state index < -0.39 is 0 Å². The number of aromatic nitrogens is 1. The summed E-state index contributed by atoms with van der Waals surface area (Å²) in [6.45, 7) is 3.35. The number of likely N-dealkylation sites (tertiary alicyclic amines) is 1. The van der Waals surface area contributed by atoms with Gasteiger partial charge in [-0.25, -0.2) is 0 Å². The number of carbonyl (C=O) groups excluding carboxylic acids is 2. The first-order valence-corrected chi connectivity index (χ1v) is 12.9. The lowest BCUT2D eigenvalue weighted by Crippen LogP contribution is -2.34. The summed E-state index contributed by atoms with van der Waals surface area (Å²) >= 11 is 0. The first-order valence-electron chi connectivity index (χ1n) is 12.9. The summed E-state index contributed by atoms with van der Waals surface area (Å²) in [7, 11) is 0. The van der Waals surface area contributed by atoms with Gasteiger partial charge < -0.3 is 10.6 Å². The first kappa shape index (κ1) is 28.0. The molecule has 2 heterocycles. The molecule has 1 aliphatic heterocycles. The van der Waals surface area contributed by atoms with Gasteiger partial charge in [-0.3, -0.25) is 14.6 Å². The van der Waals surface area contributed by atoms with Crippen molar-refractivity contribution < 1.29 is 9.59 Å². The minimum atomic E-state index is -0.269. The van der Waals surface area contributed by atoms with Crippen molar-refractivity contribution >= 4 is 11.8 Å². The fourth-order valence-corrected chi connectivity index (χ4v) is 4.21. The number of allylic oxidation sites excluding steroid dienone is 10. The molecule has 1 aromatic heterocycles. The molecule has 1 aromatic rings. The Balaban J connectivity index is 1.63. The molecule has 2 rings (SSSR count). The second-order valence-electron chi connectivity index (χ2n) is 8.81. The summed E-state index contributed by atoms with van der Waals surface area (Å²) in [6, 6.07) is 5.33. The van der Waals surface area contributed by atoms with Crippen molar-refractivity contribution in [1.29, 1.82) is 0 Å². The van der Waals surface area contributed by atoms with Crippen LogP contribution in [0, 0.1) is 11.8 Å². The van der Waals surface area contributed by atoms with Crippen molar-refractivity contribution in [3.05, 3.63) is 90.9 Å². The molecule has 1 fully saturated rings. The first-order chi connectivity index (χ1) is 17.1. The highest BCUT2D eigenvalue weighted by Gasteiger charge is 2.34. The molecule has 2 amide bonds. The zero-order valence-corrected chi connectivity index (χ0v) is 21.1. The molecular weight excluding hydrogens is 434 g/mol. The summed E-state index contributed by atoms with van der Waals surface area (Å²) < 4.78 is 0. The van der Waals surface area contributed by atoms with Gasteiger partial charge in [-0.1, -0.05) is 73.8 Å². The van der Waals surface area contributed by atoms with Crippen molar-refractivity contribution in [1.82, 2.24) is 9.88 Å². The van der Waals surface area contributed by atoms with Crippen LogP contribution in [0.25, 0.3) is 0 Å². The Morgan fingerprint density at radius 2 is 1.57 bits per heavy atom. The number of nitrogens with two attached hydrogens (primary N) is 1. The van der Waals surface area contributed by atoms with Gasteiger partial charge in [-0.2, -0.15) is 0 Å². The number of nitrogens with zero attached hydrogens (tertiary/aromatic N) is 2. The summed E-state index contributed by atoms with van der Waals surface area (Å²) in [4.78, 5) is 30.6. The number of primary amides is 1. The van der Waals surface area contributed by atoms with Crippen LogP contribution in [0.5, 0.6) is 0 Å². The highest BCUT2D eigenvalue weighted by molar-refractivity contribution is 5.92. The number of amides is 2. The van der Waals surface area contributed by atoms with Gasteiger partial charge in [-0.15, -0.1) is 0 Å². The number of carbonyl (C=O) groups is 2. The Bertz CT molecular complexity index is 899. The normalized spacial score (nSPS) is 17.6. The quantitative estimate of drug-likeness (QED) is 0.308. The average Bonchev–Trinajstić information content (AvgIpc) is 3.35. The van der Waals surface area contributed by atoms with Crippen molar-refractivity contribution in [3.63, 3.8) is 0 Å². The van der Waals surface area contributed by atoms with Crippen LogP contribution < -0.4 is 5.73 Å². The van der Waals surface area contributed by atoms with Crippen molar-refractivity contribution in [2.24, 2.45) is 17.6 Å². The third-order valence-corrected chi connectivity index (χ3v) is 6.13. The van der Waals surface area contributed by atoms with Crippen LogP contribution >= 0.6 is 0 Å². The molecule has 0 radical (unpaired) electrons. The third-order valence-electron chi connectivity index (χ3n) is 6.13. The Morgan fingerprint density at radius 3 is 2.11 bits per heavy atom. The molecule has 2 atom stereocenters. The van der Waals surface area contributed by atoms with Gasteiger partial charge >= 0.3 is 0 Å². The van der Waals surface area contributed by atoms with E-state index in [1.807, 2.05) is 6.07 Å². The number of hydrogen-bond acceptors (Lipinski definition) is 3. The molecule has 0 saturated carbocycles. The number of pyridine rings is 1. The van der Waals surface area contributed by atoms with Crippen LogP contribution in [-0.2, 0) is 4.79 Å². The van der Waals surface area contributed by atoms with Crippen LogP contribution in [0.2, 0.25) is 0 Å². The van der Waals surface area contributed by atoms with Gasteiger partial charge in [0.2, 0.25) is 5.91 Å². The fraction of sp³-hybridized carbons (Fsp3) is 0.433. The van der Waals surface area contributed by atoms with Crippen LogP contribution in [0.4, 0.5) is 0 Å². The van der Waals surface area contributed by atoms with Crippen molar-refractivity contribution in [2.45, 2.75) is 58.3 Å². The van der Waals surface area contributed by atoms with E-state index in [0.29, 0.717) is 18.8 Å². The van der Waals surface area contributed by atoms with E-state index in [4.69, 9.17) is 5.73 Å². The minimum absolute atomic E-state index is 0.0749. The monoisotopic (exact) mass is 475 g/mol. The zero-order chi connectivity index (χ0) is 25.1. The molecule has 0 spiro atoms. The molecule has 35 heavy (non-hydrogen) atoms. The molecule has 1 aliphatic rings. The highest BCUT2D eigenvalue weighted by Crippen LogP contribution is 2.28. The number of rotatable bonds is 15. The molecule has 5 nitrogen and oxygen atoms in total. The van der Waals surface area contributed by atoms with E-state index in [0.717, 1.165) is 51.4 Å². The van der Waals surface area contributed by atoms with Crippen LogP contribution in [-0.4, -0.2) is 34.8 Å². The molecular formula is C30H41N3O2. The zero-order valence-electron chi connectivity index (χ0n) is 21.1. The summed E-state index contributed by atoms with van der Waals surface area (Å²) in [5.41, 5.74) is 6.16. The largest absolute Gasteiger partial charge is 0.369 e. The Hall–Kier alpha value is -3.21. The fourth-order valence-electron chi connectivity index (χ4n) is 4.21. The molecule has 1 saturated heterocycles. The van der Waals surface area contributed by atoms with Gasteiger partial charge in [0.15, 0.2) is 0 Å². The van der Waals surface area contributed by atoms with E-state index >= 15 is 0 Å². The van der Waals surface area contributed by atoms with E-state index in [2.05, 4.69) is 72.7 Å². The molecule has 188 valence electrons. The maximum atomic E-state index is 12.6. The molecule has 1 unspecified atom stereocenters. The minimum Gasteiger partial charge on any atom is -0.369 e. The Kier molecular flexibility index (Phi) is 13.8. The van der Waals surface area contributed by atoms with Crippen LogP contribution in [0.15, 0.2) is 85.2 Å². The lowest BCUT2D eigenvalue weighted by molar-refractivity contribution is -0.123. The molecule has 0 bridgehead atoms. The maximum absolute atomic E-state index is 12.6. The average molecular weight is 476 g/mol. The number of hydrogen-bond donors (Lipinski definition) is 1. The van der Waals surface area contributed by atoms with Gasteiger partial charge in [0.05, 0.1) is 0 Å². The molecule has 5 heteroatoms. The lowest BCUT2D eigenvalue weighted by Gasteiger charge is -2.21. The van der Waals surface area contributed by atoms with Gasteiger partial charge in [0.1, 0.15) is 5.69 Å². The predicted octanol–water partition coefficient (Wildman–Crippen LogP) is 6.18. The van der Waals surface area contributed by atoms with Gasteiger partial charge in [0.25, 0.3) is 5.91 Å². The summed E-state index contributed by atoms with van der Waals surface area (Å²) in [6.07, 6.45) is 30.6. The lowest BCUT2D eigenvalue weighted by atomic mass is 9.87. The summed E-state index contributed by atoms with van der Waals surface area (Å²) in [5.74, 6) is -0.440. The predicted molar refractivity (Wildman–Crippen MR) is 145 cm³/mol. The SMILES string of the molecule is CCC=CCC=CCC=CCC=CCC=CCCC(C(N)=O)[C@@H]1CCN(C(=O)c2ccccn2)C1. The smallest absolute Gasteiger partial charge is 0.272 e.